The van der Waals surface area contributed by atoms with E-state index in [9.17, 15) is 9.18 Å². The van der Waals surface area contributed by atoms with E-state index in [0.717, 1.165) is 28.0 Å². The molecule has 1 amide bonds. The van der Waals surface area contributed by atoms with Crippen LogP contribution >= 0.6 is 22.9 Å². The highest BCUT2D eigenvalue weighted by Gasteiger charge is 2.14. The number of nitrogens with zero attached hydrogens (tertiary/aromatic N) is 2. The van der Waals surface area contributed by atoms with E-state index in [1.54, 1.807) is 18.2 Å². The maximum absolute atomic E-state index is 12.9. The Bertz CT molecular complexity index is 936. The predicted octanol–water partition coefficient (Wildman–Crippen LogP) is 4.65. The van der Waals surface area contributed by atoms with Gasteiger partial charge in [0.1, 0.15) is 5.82 Å². The molecule has 3 aromatic rings. The molecule has 0 atom stereocenters. The van der Waals surface area contributed by atoms with E-state index in [0.29, 0.717) is 16.6 Å². The number of carbonyl (C=O) groups is 1. The van der Waals surface area contributed by atoms with Crippen LogP contribution < -0.4 is 5.32 Å². The molecular weight excluding hydrogens is 373 g/mol. The van der Waals surface area contributed by atoms with Gasteiger partial charge in [-0.2, -0.15) is 0 Å². The molecule has 3 rings (SSSR count). The lowest BCUT2D eigenvalue weighted by Gasteiger charge is -2.03. The Morgan fingerprint density at radius 2 is 1.77 bits per heavy atom. The lowest BCUT2D eigenvalue weighted by atomic mass is 10.1. The van der Waals surface area contributed by atoms with Crippen LogP contribution in [-0.2, 0) is 6.54 Å². The SMILES string of the molecule is Cc1ccc(CNC(=O)c2nnc(/C(Cl)=C/c3ccc(F)cc3)s2)cc1. The Hall–Kier alpha value is -2.57. The number of benzene rings is 2. The van der Waals surface area contributed by atoms with Gasteiger partial charge in [-0.1, -0.05) is 64.9 Å². The monoisotopic (exact) mass is 387 g/mol. The van der Waals surface area contributed by atoms with Gasteiger partial charge in [0.2, 0.25) is 5.01 Å². The van der Waals surface area contributed by atoms with Gasteiger partial charge >= 0.3 is 0 Å². The second-order valence-corrected chi connectivity index (χ2v) is 7.01. The molecule has 26 heavy (non-hydrogen) atoms. The number of aromatic nitrogens is 2. The summed E-state index contributed by atoms with van der Waals surface area (Å²) in [6.07, 6.45) is 1.65. The van der Waals surface area contributed by atoms with Gasteiger partial charge in [0.05, 0.1) is 5.03 Å². The summed E-state index contributed by atoms with van der Waals surface area (Å²) in [5.41, 5.74) is 2.90. The summed E-state index contributed by atoms with van der Waals surface area (Å²) in [5, 5.41) is 11.6. The molecule has 0 aliphatic rings. The highest BCUT2D eigenvalue weighted by molar-refractivity contribution is 7.15. The molecule has 0 aliphatic carbocycles. The third kappa shape index (κ3) is 4.74. The van der Waals surface area contributed by atoms with Crippen LogP contribution in [0.5, 0.6) is 0 Å². The van der Waals surface area contributed by atoms with E-state index < -0.39 is 0 Å². The van der Waals surface area contributed by atoms with Crippen molar-refractivity contribution in [3.05, 3.63) is 81.1 Å². The summed E-state index contributed by atoms with van der Waals surface area (Å²) in [6.45, 7) is 2.42. The van der Waals surface area contributed by atoms with Crippen molar-refractivity contribution >= 4 is 40.0 Å². The summed E-state index contributed by atoms with van der Waals surface area (Å²) in [4.78, 5) is 12.2. The minimum Gasteiger partial charge on any atom is -0.346 e. The second-order valence-electron chi connectivity index (χ2n) is 5.62. The van der Waals surface area contributed by atoms with E-state index >= 15 is 0 Å². The van der Waals surface area contributed by atoms with Crippen LogP contribution in [0.1, 0.15) is 31.5 Å². The van der Waals surface area contributed by atoms with Gasteiger partial charge in [-0.25, -0.2) is 4.39 Å². The van der Waals surface area contributed by atoms with Gasteiger partial charge in [-0.3, -0.25) is 4.79 Å². The molecule has 0 bridgehead atoms. The highest BCUT2D eigenvalue weighted by Crippen LogP contribution is 2.25. The number of aryl methyl sites for hydroxylation is 1. The van der Waals surface area contributed by atoms with Gasteiger partial charge in [-0.15, -0.1) is 10.2 Å². The van der Waals surface area contributed by atoms with Crippen molar-refractivity contribution in [3.63, 3.8) is 0 Å². The third-order valence-electron chi connectivity index (χ3n) is 3.56. The number of nitrogens with one attached hydrogen (secondary N) is 1. The molecular formula is C19H15ClFN3OS. The molecule has 132 valence electrons. The molecule has 0 unspecified atom stereocenters. The van der Waals surface area contributed by atoms with Crippen molar-refractivity contribution in [2.24, 2.45) is 0 Å². The van der Waals surface area contributed by atoms with Crippen molar-refractivity contribution in [1.29, 1.82) is 0 Å². The first-order chi connectivity index (χ1) is 12.5. The first-order valence-corrected chi connectivity index (χ1v) is 9.01. The number of halogens is 2. The van der Waals surface area contributed by atoms with E-state index in [1.807, 2.05) is 31.2 Å². The smallest absolute Gasteiger partial charge is 0.282 e. The zero-order chi connectivity index (χ0) is 18.5. The molecule has 1 heterocycles. The van der Waals surface area contributed by atoms with Gasteiger partial charge in [-0.05, 0) is 36.3 Å². The van der Waals surface area contributed by atoms with Crippen LogP contribution in [0.4, 0.5) is 4.39 Å². The lowest BCUT2D eigenvalue weighted by Crippen LogP contribution is -2.22. The van der Waals surface area contributed by atoms with E-state index in [-0.39, 0.29) is 16.7 Å². The van der Waals surface area contributed by atoms with E-state index in [2.05, 4.69) is 15.5 Å². The summed E-state index contributed by atoms with van der Waals surface area (Å²) in [7, 11) is 0. The number of hydrogen-bond acceptors (Lipinski definition) is 4. The van der Waals surface area contributed by atoms with Crippen LogP contribution in [0.3, 0.4) is 0 Å². The average Bonchev–Trinajstić information content (AvgIpc) is 3.13. The minimum absolute atomic E-state index is 0.234. The minimum atomic E-state index is -0.318. The Kier molecular flexibility index (Phi) is 5.75. The fourth-order valence-electron chi connectivity index (χ4n) is 2.14. The molecule has 0 spiro atoms. The molecule has 0 fully saturated rings. The highest BCUT2D eigenvalue weighted by atomic mass is 35.5. The summed E-state index contributed by atoms with van der Waals surface area (Å²) >= 11 is 7.33. The van der Waals surface area contributed by atoms with Crippen LogP contribution in [0.25, 0.3) is 11.1 Å². The van der Waals surface area contributed by atoms with Gasteiger partial charge < -0.3 is 5.32 Å². The number of amides is 1. The fraction of sp³-hybridized carbons (Fsp3) is 0.105. The van der Waals surface area contributed by atoms with Crippen molar-refractivity contribution in [2.45, 2.75) is 13.5 Å². The summed E-state index contributed by atoms with van der Waals surface area (Å²) in [6, 6.07) is 13.8. The Morgan fingerprint density at radius 3 is 2.46 bits per heavy atom. The number of carbonyl (C=O) groups excluding carboxylic acids is 1. The van der Waals surface area contributed by atoms with Crippen LogP contribution in [0.15, 0.2) is 48.5 Å². The van der Waals surface area contributed by atoms with Crippen molar-refractivity contribution in [1.82, 2.24) is 15.5 Å². The van der Waals surface area contributed by atoms with Gasteiger partial charge in [0, 0.05) is 6.54 Å². The van der Waals surface area contributed by atoms with Gasteiger partial charge in [0.15, 0.2) is 5.01 Å². The molecule has 1 N–H and O–H groups in total. The maximum atomic E-state index is 12.9. The molecule has 0 saturated heterocycles. The summed E-state index contributed by atoms with van der Waals surface area (Å²) in [5.74, 6) is -0.623. The van der Waals surface area contributed by atoms with Gasteiger partial charge in [0.25, 0.3) is 5.91 Å². The fourth-order valence-corrected chi connectivity index (χ4v) is 3.09. The molecule has 2 aromatic carbocycles. The Balaban J connectivity index is 1.65. The largest absolute Gasteiger partial charge is 0.346 e. The lowest BCUT2D eigenvalue weighted by molar-refractivity contribution is 0.0950. The molecule has 1 aromatic heterocycles. The topological polar surface area (TPSA) is 54.9 Å². The average molecular weight is 388 g/mol. The zero-order valence-electron chi connectivity index (χ0n) is 13.9. The van der Waals surface area contributed by atoms with Crippen LogP contribution in [0.2, 0.25) is 0 Å². The number of rotatable bonds is 5. The van der Waals surface area contributed by atoms with Crippen LogP contribution in [-0.4, -0.2) is 16.1 Å². The first kappa shape index (κ1) is 18.2. The second kappa shape index (κ2) is 8.21. The van der Waals surface area contributed by atoms with E-state index in [1.165, 1.54) is 12.1 Å². The third-order valence-corrected chi connectivity index (χ3v) is 4.92. The normalized spacial score (nSPS) is 11.4. The molecule has 0 radical (unpaired) electrons. The van der Waals surface area contributed by atoms with Crippen LogP contribution in [0, 0.1) is 12.7 Å². The summed E-state index contributed by atoms with van der Waals surface area (Å²) < 4.78 is 12.9. The standard InChI is InChI=1S/C19H15ClFN3OS/c1-12-2-4-14(5-3-12)11-22-17(25)19-24-23-18(26-19)16(20)10-13-6-8-15(21)9-7-13/h2-10H,11H2,1H3,(H,22,25)/b16-10-. The number of hydrogen-bond donors (Lipinski definition) is 1. The predicted molar refractivity (Wildman–Crippen MR) is 102 cm³/mol. The first-order valence-electron chi connectivity index (χ1n) is 7.81. The van der Waals surface area contributed by atoms with Crippen molar-refractivity contribution in [2.75, 3.05) is 0 Å². The maximum Gasteiger partial charge on any atom is 0.282 e. The molecule has 0 aliphatic heterocycles. The molecule has 7 heteroatoms. The molecule has 4 nitrogen and oxygen atoms in total. The Labute approximate surface area is 159 Å². The van der Waals surface area contributed by atoms with Crippen molar-refractivity contribution < 1.29 is 9.18 Å². The zero-order valence-corrected chi connectivity index (χ0v) is 15.4. The molecule has 0 saturated carbocycles. The van der Waals surface area contributed by atoms with E-state index in [4.69, 9.17) is 11.6 Å². The quantitative estimate of drug-likeness (QED) is 0.693. The van der Waals surface area contributed by atoms with Crippen molar-refractivity contribution in [3.8, 4) is 0 Å². The Morgan fingerprint density at radius 1 is 1.12 bits per heavy atom.